The molecule has 7 atom stereocenters. The third kappa shape index (κ3) is 2.06. The number of aliphatic hydroxyl groups is 1. The summed E-state index contributed by atoms with van der Waals surface area (Å²) < 4.78 is 0. The number of fused-ring (bicyclic) bond motifs is 5. The van der Waals surface area contributed by atoms with Gasteiger partial charge >= 0.3 is 0 Å². The molecule has 3 fully saturated rings. The van der Waals surface area contributed by atoms with Crippen molar-refractivity contribution in [2.45, 2.75) is 71.8 Å². The van der Waals surface area contributed by atoms with Gasteiger partial charge in [0.25, 0.3) is 0 Å². The standard InChI is InChI=1S/C21H30O3/c1-12(22)15-4-5-16-14-11-19(24)18-10-13(23)6-8-21(18,3)17(14)7-9-20(15,16)2/h10,14-17,19,24H,4-9,11H2,1-3H3/t14-,15-,16+,17+,19-,20-,21+/m0/s1. The van der Waals surface area contributed by atoms with Crippen LogP contribution in [0.15, 0.2) is 11.6 Å². The third-order valence-electron chi connectivity index (χ3n) is 8.47. The van der Waals surface area contributed by atoms with E-state index >= 15 is 0 Å². The minimum Gasteiger partial charge on any atom is -0.389 e. The van der Waals surface area contributed by atoms with Crippen LogP contribution >= 0.6 is 0 Å². The summed E-state index contributed by atoms with van der Waals surface area (Å²) in [6, 6.07) is 0. The van der Waals surface area contributed by atoms with Gasteiger partial charge in [-0.15, -0.1) is 0 Å². The van der Waals surface area contributed by atoms with Gasteiger partial charge in [0, 0.05) is 12.3 Å². The Morgan fingerprint density at radius 2 is 1.92 bits per heavy atom. The Balaban J connectivity index is 1.71. The van der Waals surface area contributed by atoms with Gasteiger partial charge in [0.15, 0.2) is 5.78 Å². The fraction of sp³-hybridized carbons (Fsp3) is 0.810. The maximum atomic E-state index is 12.2. The molecule has 3 heteroatoms. The number of carbonyl (C=O) groups excluding carboxylic acids is 2. The van der Waals surface area contributed by atoms with Crippen LogP contribution in [0.3, 0.4) is 0 Å². The first-order valence-electron chi connectivity index (χ1n) is 9.71. The molecule has 0 aromatic rings. The highest BCUT2D eigenvalue weighted by Gasteiger charge is 2.61. The molecule has 132 valence electrons. The molecule has 4 rings (SSSR count). The van der Waals surface area contributed by atoms with Crippen molar-refractivity contribution in [3.63, 3.8) is 0 Å². The Labute approximate surface area is 144 Å². The lowest BCUT2D eigenvalue weighted by atomic mass is 9.46. The molecule has 3 saturated carbocycles. The summed E-state index contributed by atoms with van der Waals surface area (Å²) in [5.74, 6) is 2.35. The molecule has 0 radical (unpaired) electrons. The van der Waals surface area contributed by atoms with Crippen LogP contribution < -0.4 is 0 Å². The fourth-order valence-electron chi connectivity index (χ4n) is 7.27. The fourth-order valence-corrected chi connectivity index (χ4v) is 7.27. The molecule has 0 unspecified atom stereocenters. The summed E-state index contributed by atoms with van der Waals surface area (Å²) >= 11 is 0. The van der Waals surface area contributed by atoms with Crippen LogP contribution in [0.1, 0.15) is 65.7 Å². The zero-order valence-electron chi connectivity index (χ0n) is 15.2. The molecule has 0 spiro atoms. The first kappa shape index (κ1) is 16.5. The van der Waals surface area contributed by atoms with E-state index in [-0.39, 0.29) is 22.5 Å². The van der Waals surface area contributed by atoms with E-state index in [4.69, 9.17) is 0 Å². The minimum atomic E-state index is -0.473. The maximum Gasteiger partial charge on any atom is 0.155 e. The molecule has 24 heavy (non-hydrogen) atoms. The van der Waals surface area contributed by atoms with E-state index in [1.165, 1.54) is 0 Å². The molecule has 0 amide bonds. The highest BCUT2D eigenvalue weighted by atomic mass is 16.3. The van der Waals surface area contributed by atoms with E-state index in [2.05, 4.69) is 13.8 Å². The van der Waals surface area contributed by atoms with Gasteiger partial charge in [0.05, 0.1) is 6.10 Å². The lowest BCUT2D eigenvalue weighted by Crippen LogP contribution is -2.54. The van der Waals surface area contributed by atoms with Crippen molar-refractivity contribution in [1.82, 2.24) is 0 Å². The second kappa shape index (κ2) is 5.27. The summed E-state index contributed by atoms with van der Waals surface area (Å²) in [5.41, 5.74) is 1.10. The van der Waals surface area contributed by atoms with Crippen LogP contribution in [0.5, 0.6) is 0 Å². The number of hydrogen-bond donors (Lipinski definition) is 1. The van der Waals surface area contributed by atoms with Crippen LogP contribution in [-0.2, 0) is 9.59 Å². The van der Waals surface area contributed by atoms with E-state index in [1.807, 2.05) is 0 Å². The van der Waals surface area contributed by atoms with Crippen LogP contribution in [-0.4, -0.2) is 22.8 Å². The normalized spacial score (nSPS) is 50.6. The van der Waals surface area contributed by atoms with Crippen molar-refractivity contribution >= 4 is 11.6 Å². The van der Waals surface area contributed by atoms with Crippen molar-refractivity contribution in [3.8, 4) is 0 Å². The van der Waals surface area contributed by atoms with E-state index in [0.717, 1.165) is 44.1 Å². The molecule has 3 nitrogen and oxygen atoms in total. The molecule has 0 aromatic heterocycles. The quantitative estimate of drug-likeness (QED) is 0.797. The molecule has 0 heterocycles. The Morgan fingerprint density at radius 3 is 2.62 bits per heavy atom. The minimum absolute atomic E-state index is 0.0219. The third-order valence-corrected chi connectivity index (χ3v) is 8.47. The SMILES string of the molecule is CC(=O)[C@@H]1CC[C@@H]2[C@@H]3C[C@H](O)C4=CC(=O)CC[C@]4(C)[C@@H]3CC[C@]21C. The molecule has 4 aliphatic carbocycles. The van der Waals surface area contributed by atoms with Gasteiger partial charge in [-0.2, -0.15) is 0 Å². The number of aliphatic hydroxyl groups excluding tert-OH is 1. The second-order valence-electron chi connectivity index (χ2n) is 9.40. The Kier molecular flexibility index (Phi) is 3.62. The van der Waals surface area contributed by atoms with Gasteiger partial charge in [0.1, 0.15) is 5.78 Å². The van der Waals surface area contributed by atoms with Crippen molar-refractivity contribution in [2.24, 2.45) is 34.5 Å². The maximum absolute atomic E-state index is 12.2. The van der Waals surface area contributed by atoms with Gasteiger partial charge in [-0.05, 0) is 85.7 Å². The van der Waals surface area contributed by atoms with Crippen LogP contribution in [0, 0.1) is 34.5 Å². The molecular formula is C21H30O3. The van der Waals surface area contributed by atoms with Gasteiger partial charge < -0.3 is 5.11 Å². The van der Waals surface area contributed by atoms with Gasteiger partial charge in [-0.25, -0.2) is 0 Å². The summed E-state index contributed by atoms with van der Waals surface area (Å²) in [5, 5.41) is 10.8. The van der Waals surface area contributed by atoms with Gasteiger partial charge in [-0.1, -0.05) is 13.8 Å². The molecule has 0 aliphatic heterocycles. The molecule has 4 aliphatic rings. The zero-order valence-corrected chi connectivity index (χ0v) is 15.2. The second-order valence-corrected chi connectivity index (χ2v) is 9.40. The average Bonchev–Trinajstić information content (AvgIpc) is 2.87. The lowest BCUT2D eigenvalue weighted by Gasteiger charge is -2.59. The van der Waals surface area contributed by atoms with Gasteiger partial charge in [-0.3, -0.25) is 9.59 Å². The Bertz CT molecular complexity index is 621. The summed E-state index contributed by atoms with van der Waals surface area (Å²) in [7, 11) is 0. The number of rotatable bonds is 1. The predicted molar refractivity (Wildman–Crippen MR) is 92.3 cm³/mol. The van der Waals surface area contributed by atoms with E-state index in [0.29, 0.717) is 30.0 Å². The molecule has 0 aromatic carbocycles. The van der Waals surface area contributed by atoms with Crippen LogP contribution in [0.25, 0.3) is 0 Å². The molecular weight excluding hydrogens is 300 g/mol. The van der Waals surface area contributed by atoms with Crippen molar-refractivity contribution in [1.29, 1.82) is 0 Å². The lowest BCUT2D eigenvalue weighted by molar-refractivity contribution is -0.130. The highest BCUT2D eigenvalue weighted by Crippen LogP contribution is 2.66. The van der Waals surface area contributed by atoms with Crippen molar-refractivity contribution in [3.05, 3.63) is 11.6 Å². The predicted octanol–water partition coefficient (Wildman–Crippen LogP) is 3.69. The number of ketones is 2. The number of carbonyl (C=O) groups is 2. The summed E-state index contributed by atoms with van der Waals surface area (Å²) in [4.78, 5) is 24.1. The monoisotopic (exact) mass is 330 g/mol. The Hall–Kier alpha value is -0.960. The van der Waals surface area contributed by atoms with E-state index < -0.39 is 6.10 Å². The van der Waals surface area contributed by atoms with Crippen molar-refractivity contribution < 1.29 is 14.7 Å². The summed E-state index contributed by atoms with van der Waals surface area (Å²) in [6.45, 7) is 6.37. The highest BCUT2D eigenvalue weighted by molar-refractivity contribution is 5.91. The smallest absolute Gasteiger partial charge is 0.155 e. The first-order chi connectivity index (χ1) is 11.3. The largest absolute Gasteiger partial charge is 0.389 e. The first-order valence-corrected chi connectivity index (χ1v) is 9.71. The van der Waals surface area contributed by atoms with Gasteiger partial charge in [0.2, 0.25) is 0 Å². The topological polar surface area (TPSA) is 54.4 Å². The number of Topliss-reactive ketones (excluding diaryl/α,β-unsaturated/α-hetero) is 1. The van der Waals surface area contributed by atoms with Crippen molar-refractivity contribution in [2.75, 3.05) is 0 Å². The summed E-state index contributed by atoms with van der Waals surface area (Å²) in [6.07, 6.45) is 7.97. The molecule has 0 saturated heterocycles. The van der Waals surface area contributed by atoms with Crippen LogP contribution in [0.4, 0.5) is 0 Å². The van der Waals surface area contributed by atoms with Crippen LogP contribution in [0.2, 0.25) is 0 Å². The molecule has 0 bridgehead atoms. The Morgan fingerprint density at radius 1 is 1.17 bits per heavy atom. The number of hydrogen-bond acceptors (Lipinski definition) is 3. The zero-order chi connectivity index (χ0) is 17.3. The average molecular weight is 330 g/mol. The van der Waals surface area contributed by atoms with E-state index in [9.17, 15) is 14.7 Å². The van der Waals surface area contributed by atoms with E-state index in [1.54, 1.807) is 13.0 Å². The molecule has 1 N–H and O–H groups in total.